The van der Waals surface area contributed by atoms with Gasteiger partial charge in [-0.3, -0.25) is 4.90 Å². The monoisotopic (exact) mass is 343 g/mol. The lowest BCUT2D eigenvalue weighted by Crippen LogP contribution is -2.34. The molecule has 5 heteroatoms. The number of phenols is 1. The van der Waals surface area contributed by atoms with E-state index in [0.29, 0.717) is 16.1 Å². The molecule has 1 aliphatic heterocycles. The molecule has 0 aromatic heterocycles. The van der Waals surface area contributed by atoms with Gasteiger partial charge in [0.05, 0.1) is 11.6 Å². The summed E-state index contributed by atoms with van der Waals surface area (Å²) in [6, 6.07) is 3.86. The summed E-state index contributed by atoms with van der Waals surface area (Å²) >= 11 is 3.37. The van der Waals surface area contributed by atoms with Crippen molar-refractivity contribution in [1.29, 1.82) is 0 Å². The lowest BCUT2D eigenvalue weighted by Gasteiger charge is -2.31. The number of hydrogen-bond donors (Lipinski definition) is 1. The van der Waals surface area contributed by atoms with Crippen LogP contribution in [-0.2, 0) is 11.3 Å². The fourth-order valence-electron chi connectivity index (χ4n) is 2.68. The molecule has 0 atom stereocenters. The van der Waals surface area contributed by atoms with Crippen LogP contribution in [0.4, 0.5) is 0 Å². The number of methoxy groups -OCH3 is 2. The third-order valence-electron chi connectivity index (χ3n) is 3.82. The topological polar surface area (TPSA) is 41.9 Å². The maximum absolute atomic E-state index is 9.82. The number of piperidine rings is 1. The summed E-state index contributed by atoms with van der Waals surface area (Å²) in [4.78, 5) is 2.43. The van der Waals surface area contributed by atoms with E-state index in [9.17, 15) is 5.11 Å². The van der Waals surface area contributed by atoms with Crippen molar-refractivity contribution in [3.63, 3.8) is 0 Å². The maximum Gasteiger partial charge on any atom is 0.172 e. The number of benzene rings is 1. The van der Waals surface area contributed by atoms with Gasteiger partial charge in [-0.2, -0.15) is 0 Å². The van der Waals surface area contributed by atoms with Gasteiger partial charge in [-0.1, -0.05) is 0 Å². The number of halogens is 1. The minimum absolute atomic E-state index is 0.162. The first-order chi connectivity index (χ1) is 9.63. The average Bonchev–Trinajstić information content (AvgIpc) is 2.45. The first-order valence-corrected chi connectivity index (χ1v) is 7.70. The number of aromatic hydroxyl groups is 1. The Morgan fingerprint density at radius 3 is 2.60 bits per heavy atom. The largest absolute Gasteiger partial charge is 0.503 e. The average molecular weight is 344 g/mol. The molecule has 4 nitrogen and oxygen atoms in total. The van der Waals surface area contributed by atoms with Gasteiger partial charge in [0, 0.05) is 20.3 Å². The number of ether oxygens (including phenoxy) is 2. The Labute approximate surface area is 128 Å². The molecular formula is C15H22BrNO3. The fraction of sp³-hybridized carbons (Fsp3) is 0.600. The number of hydrogen-bond acceptors (Lipinski definition) is 4. The highest BCUT2D eigenvalue weighted by molar-refractivity contribution is 9.10. The van der Waals surface area contributed by atoms with Crippen molar-refractivity contribution in [2.45, 2.75) is 19.4 Å². The van der Waals surface area contributed by atoms with E-state index < -0.39 is 0 Å². The van der Waals surface area contributed by atoms with E-state index in [1.165, 1.54) is 12.8 Å². The van der Waals surface area contributed by atoms with Crippen molar-refractivity contribution in [3.05, 3.63) is 22.2 Å². The summed E-state index contributed by atoms with van der Waals surface area (Å²) in [6.07, 6.45) is 2.37. The molecule has 1 N–H and O–H groups in total. The molecule has 1 aliphatic rings. The van der Waals surface area contributed by atoms with Crippen LogP contribution in [0, 0.1) is 5.92 Å². The van der Waals surface area contributed by atoms with E-state index in [1.807, 2.05) is 12.1 Å². The molecule has 1 saturated heterocycles. The summed E-state index contributed by atoms with van der Waals surface area (Å²) in [6.45, 7) is 3.94. The fourth-order valence-corrected chi connectivity index (χ4v) is 3.17. The van der Waals surface area contributed by atoms with E-state index in [2.05, 4.69) is 20.8 Å². The minimum atomic E-state index is 0.162. The van der Waals surface area contributed by atoms with Gasteiger partial charge >= 0.3 is 0 Å². The van der Waals surface area contributed by atoms with Gasteiger partial charge in [-0.25, -0.2) is 0 Å². The summed E-state index contributed by atoms with van der Waals surface area (Å²) < 4.78 is 11.1. The molecular weight excluding hydrogens is 322 g/mol. The van der Waals surface area contributed by atoms with Gasteiger partial charge in [-0.15, -0.1) is 0 Å². The molecule has 0 amide bonds. The molecule has 1 aromatic rings. The van der Waals surface area contributed by atoms with Crippen molar-refractivity contribution in [1.82, 2.24) is 4.90 Å². The molecule has 20 heavy (non-hydrogen) atoms. The van der Waals surface area contributed by atoms with Crippen LogP contribution >= 0.6 is 15.9 Å². The molecule has 1 heterocycles. The van der Waals surface area contributed by atoms with E-state index in [4.69, 9.17) is 9.47 Å². The quantitative estimate of drug-likeness (QED) is 0.892. The van der Waals surface area contributed by atoms with Crippen LogP contribution in [0.25, 0.3) is 0 Å². The van der Waals surface area contributed by atoms with Crippen LogP contribution in [0.15, 0.2) is 16.6 Å². The van der Waals surface area contributed by atoms with Gasteiger partial charge in [0.25, 0.3) is 0 Å². The van der Waals surface area contributed by atoms with Gasteiger partial charge in [-0.05, 0) is 65.5 Å². The van der Waals surface area contributed by atoms with E-state index in [1.54, 1.807) is 14.2 Å². The summed E-state index contributed by atoms with van der Waals surface area (Å²) in [5.74, 6) is 1.37. The number of phenolic OH excluding ortho intramolecular Hbond substituents is 1. The van der Waals surface area contributed by atoms with Crippen LogP contribution in [-0.4, -0.2) is 43.9 Å². The summed E-state index contributed by atoms with van der Waals surface area (Å²) in [5, 5.41) is 9.82. The Bertz CT molecular complexity index is 445. The van der Waals surface area contributed by atoms with Crippen LogP contribution in [0.2, 0.25) is 0 Å². The molecule has 0 bridgehead atoms. The molecule has 1 fully saturated rings. The predicted molar refractivity (Wildman–Crippen MR) is 82.2 cm³/mol. The lowest BCUT2D eigenvalue weighted by atomic mass is 9.97. The van der Waals surface area contributed by atoms with Crippen LogP contribution in [0.1, 0.15) is 18.4 Å². The van der Waals surface area contributed by atoms with E-state index in [0.717, 1.165) is 31.8 Å². The first-order valence-electron chi connectivity index (χ1n) is 6.90. The SMILES string of the molecule is COCC1CCN(Cc2cc(Br)c(O)c(OC)c2)CC1. The highest BCUT2D eigenvalue weighted by Gasteiger charge is 2.19. The van der Waals surface area contributed by atoms with Crippen molar-refractivity contribution >= 4 is 15.9 Å². The molecule has 0 radical (unpaired) electrons. The Kier molecular flexibility index (Phi) is 5.69. The number of likely N-dealkylation sites (tertiary alicyclic amines) is 1. The Balaban J connectivity index is 1.96. The normalized spacial score (nSPS) is 17.4. The van der Waals surface area contributed by atoms with Crippen molar-refractivity contribution in [2.75, 3.05) is 33.9 Å². The molecule has 2 rings (SSSR count). The second kappa shape index (κ2) is 7.29. The van der Waals surface area contributed by atoms with E-state index >= 15 is 0 Å². The van der Waals surface area contributed by atoms with Crippen LogP contribution < -0.4 is 4.74 Å². The zero-order valence-corrected chi connectivity index (χ0v) is 13.6. The molecule has 112 valence electrons. The molecule has 0 aliphatic carbocycles. The summed E-state index contributed by atoms with van der Waals surface area (Å²) in [7, 11) is 3.34. The maximum atomic E-state index is 9.82. The standard InChI is InChI=1S/C15H22BrNO3/c1-19-10-11-3-5-17(6-4-11)9-12-7-13(16)15(18)14(8-12)20-2/h7-8,11,18H,3-6,9-10H2,1-2H3. The summed E-state index contributed by atoms with van der Waals surface area (Å²) in [5.41, 5.74) is 1.15. The van der Waals surface area contributed by atoms with Gasteiger partial charge < -0.3 is 14.6 Å². The smallest absolute Gasteiger partial charge is 0.172 e. The zero-order valence-electron chi connectivity index (χ0n) is 12.1. The van der Waals surface area contributed by atoms with Crippen molar-refractivity contribution in [3.8, 4) is 11.5 Å². The molecule has 0 saturated carbocycles. The predicted octanol–water partition coefficient (Wildman–Crippen LogP) is 3.02. The van der Waals surface area contributed by atoms with Gasteiger partial charge in [0.2, 0.25) is 0 Å². The second-order valence-electron chi connectivity index (χ2n) is 5.30. The Morgan fingerprint density at radius 2 is 2.00 bits per heavy atom. The molecule has 0 unspecified atom stereocenters. The second-order valence-corrected chi connectivity index (χ2v) is 6.16. The molecule has 1 aromatic carbocycles. The highest BCUT2D eigenvalue weighted by Crippen LogP contribution is 2.35. The van der Waals surface area contributed by atoms with Crippen LogP contribution in [0.3, 0.4) is 0 Å². The van der Waals surface area contributed by atoms with Crippen molar-refractivity contribution < 1.29 is 14.6 Å². The van der Waals surface area contributed by atoms with Crippen molar-refractivity contribution in [2.24, 2.45) is 5.92 Å². The Morgan fingerprint density at radius 1 is 1.30 bits per heavy atom. The Hall–Kier alpha value is -0.780. The lowest BCUT2D eigenvalue weighted by molar-refractivity contribution is 0.0968. The molecule has 0 spiro atoms. The zero-order chi connectivity index (χ0) is 14.5. The highest BCUT2D eigenvalue weighted by atomic mass is 79.9. The van der Waals surface area contributed by atoms with Crippen LogP contribution in [0.5, 0.6) is 11.5 Å². The third kappa shape index (κ3) is 3.87. The van der Waals surface area contributed by atoms with E-state index in [-0.39, 0.29) is 5.75 Å². The minimum Gasteiger partial charge on any atom is -0.503 e. The number of nitrogens with zero attached hydrogens (tertiary/aromatic N) is 1. The first kappa shape index (κ1) is 15.6. The third-order valence-corrected chi connectivity index (χ3v) is 4.43. The van der Waals surface area contributed by atoms with Gasteiger partial charge in [0.1, 0.15) is 0 Å². The van der Waals surface area contributed by atoms with Gasteiger partial charge in [0.15, 0.2) is 11.5 Å². The number of rotatable bonds is 5.